The van der Waals surface area contributed by atoms with Crippen molar-refractivity contribution in [1.29, 1.82) is 0 Å². The Morgan fingerprint density at radius 1 is 1.07 bits per heavy atom. The fourth-order valence-corrected chi connectivity index (χ4v) is 3.00. The number of aromatic carboxylic acids is 1. The van der Waals surface area contributed by atoms with Crippen molar-refractivity contribution in [2.24, 2.45) is 0 Å². The van der Waals surface area contributed by atoms with Crippen LogP contribution < -0.4 is 10.6 Å². The molecule has 1 aliphatic rings. The second kappa shape index (κ2) is 8.51. The van der Waals surface area contributed by atoms with Crippen LogP contribution in [0, 0.1) is 5.82 Å². The molecule has 0 bridgehead atoms. The minimum absolute atomic E-state index is 0.172. The number of carboxylic acid groups (broad SMARTS) is 1. The number of nitrogens with zero attached hydrogens (tertiary/aromatic N) is 1. The van der Waals surface area contributed by atoms with E-state index in [-0.39, 0.29) is 23.8 Å². The van der Waals surface area contributed by atoms with E-state index in [9.17, 15) is 18.8 Å². The minimum Gasteiger partial charge on any atom is -0.478 e. The molecule has 146 valence electrons. The number of carboxylic acids is 1. The van der Waals surface area contributed by atoms with Crippen LogP contribution in [0.3, 0.4) is 0 Å². The zero-order valence-electron chi connectivity index (χ0n) is 15.0. The van der Waals surface area contributed by atoms with Gasteiger partial charge in [0, 0.05) is 19.6 Å². The summed E-state index contributed by atoms with van der Waals surface area (Å²) in [5.74, 6) is -1.52. The molecule has 2 aromatic carbocycles. The van der Waals surface area contributed by atoms with Gasteiger partial charge in [0.1, 0.15) is 11.9 Å². The van der Waals surface area contributed by atoms with Crippen molar-refractivity contribution < 1.29 is 23.9 Å². The third-order valence-electron chi connectivity index (χ3n) is 4.54. The first-order chi connectivity index (χ1) is 13.4. The maximum atomic E-state index is 13.0. The number of hydrogen-bond donors (Lipinski definition) is 3. The molecule has 8 heteroatoms. The molecule has 1 aliphatic heterocycles. The van der Waals surface area contributed by atoms with Crippen molar-refractivity contribution >= 4 is 17.9 Å². The van der Waals surface area contributed by atoms with Gasteiger partial charge < -0.3 is 20.6 Å². The summed E-state index contributed by atoms with van der Waals surface area (Å²) in [6.07, 6.45) is 0.501. The fourth-order valence-electron chi connectivity index (χ4n) is 3.00. The average molecular weight is 385 g/mol. The van der Waals surface area contributed by atoms with Gasteiger partial charge in [0.25, 0.3) is 0 Å². The largest absolute Gasteiger partial charge is 0.478 e. The third-order valence-corrected chi connectivity index (χ3v) is 4.54. The molecule has 0 saturated carbocycles. The molecule has 1 fully saturated rings. The van der Waals surface area contributed by atoms with E-state index >= 15 is 0 Å². The van der Waals surface area contributed by atoms with Gasteiger partial charge in [0.15, 0.2) is 0 Å². The highest BCUT2D eigenvalue weighted by Crippen LogP contribution is 2.15. The topological polar surface area (TPSA) is 98.7 Å². The summed E-state index contributed by atoms with van der Waals surface area (Å²) < 4.78 is 13.0. The molecule has 28 heavy (non-hydrogen) atoms. The number of likely N-dealkylation sites (tertiary alicyclic amines) is 1. The lowest BCUT2D eigenvalue weighted by atomic mass is 10.1. The van der Waals surface area contributed by atoms with Gasteiger partial charge >= 0.3 is 12.0 Å². The molecule has 1 atom stereocenters. The van der Waals surface area contributed by atoms with E-state index in [0.29, 0.717) is 19.5 Å². The van der Waals surface area contributed by atoms with Crippen LogP contribution in [0.1, 0.15) is 27.9 Å². The summed E-state index contributed by atoms with van der Waals surface area (Å²) in [6, 6.07) is 11.1. The van der Waals surface area contributed by atoms with Gasteiger partial charge in [0.05, 0.1) is 5.56 Å². The summed E-state index contributed by atoms with van der Waals surface area (Å²) in [6.45, 7) is 1.10. The molecule has 0 radical (unpaired) electrons. The van der Waals surface area contributed by atoms with Gasteiger partial charge in [-0.25, -0.2) is 14.0 Å². The summed E-state index contributed by atoms with van der Waals surface area (Å²) in [4.78, 5) is 37.0. The van der Waals surface area contributed by atoms with E-state index in [1.165, 1.54) is 24.3 Å². The molecular formula is C20H20FN3O4. The lowest BCUT2D eigenvalue weighted by Crippen LogP contribution is -2.45. The van der Waals surface area contributed by atoms with E-state index in [4.69, 9.17) is 5.11 Å². The first kappa shape index (κ1) is 19.3. The highest BCUT2D eigenvalue weighted by Gasteiger charge is 2.32. The minimum atomic E-state index is -1.01. The van der Waals surface area contributed by atoms with E-state index in [0.717, 1.165) is 11.1 Å². The van der Waals surface area contributed by atoms with Crippen LogP contribution in [0.25, 0.3) is 0 Å². The van der Waals surface area contributed by atoms with E-state index in [1.807, 2.05) is 0 Å². The number of halogens is 1. The molecule has 1 saturated heterocycles. The van der Waals surface area contributed by atoms with E-state index in [1.54, 1.807) is 29.2 Å². The Kier molecular flexibility index (Phi) is 5.88. The summed E-state index contributed by atoms with van der Waals surface area (Å²) in [7, 11) is 0. The Hall–Kier alpha value is -3.42. The standard InChI is InChI=1S/C20H20FN3O4/c21-16-7-3-14(4-8-16)12-24-10-9-17(18(24)25)23-20(28)22-11-13-1-5-15(6-2-13)19(26)27/h1-8,17H,9-12H2,(H,26,27)(H2,22,23,28). The van der Waals surface area contributed by atoms with Crippen LogP contribution in [-0.2, 0) is 17.9 Å². The lowest BCUT2D eigenvalue weighted by molar-refractivity contribution is -0.129. The van der Waals surface area contributed by atoms with Gasteiger partial charge in [-0.1, -0.05) is 24.3 Å². The van der Waals surface area contributed by atoms with Crippen LogP contribution in [-0.4, -0.2) is 40.5 Å². The number of urea groups is 1. The molecule has 3 amide bonds. The Balaban J connectivity index is 1.47. The van der Waals surface area contributed by atoms with Crippen LogP contribution in [0.2, 0.25) is 0 Å². The van der Waals surface area contributed by atoms with Gasteiger partial charge in [0.2, 0.25) is 5.91 Å². The molecule has 3 N–H and O–H groups in total. The summed E-state index contributed by atoms with van der Waals surface area (Å²) in [5.41, 5.74) is 1.74. The smallest absolute Gasteiger partial charge is 0.335 e. The van der Waals surface area contributed by atoms with Crippen molar-refractivity contribution in [3.63, 3.8) is 0 Å². The van der Waals surface area contributed by atoms with Crippen molar-refractivity contribution in [2.75, 3.05) is 6.54 Å². The molecule has 3 rings (SSSR count). The van der Waals surface area contributed by atoms with Gasteiger partial charge in [-0.15, -0.1) is 0 Å². The van der Waals surface area contributed by atoms with Crippen LogP contribution >= 0.6 is 0 Å². The predicted octanol–water partition coefficient (Wildman–Crippen LogP) is 2.12. The monoisotopic (exact) mass is 385 g/mol. The van der Waals surface area contributed by atoms with Gasteiger partial charge in [-0.05, 0) is 41.8 Å². The molecular weight excluding hydrogens is 365 g/mol. The number of carbonyl (C=O) groups is 3. The van der Waals surface area contributed by atoms with Crippen LogP contribution in [0.15, 0.2) is 48.5 Å². The number of hydrogen-bond acceptors (Lipinski definition) is 3. The predicted molar refractivity (Wildman–Crippen MR) is 99.0 cm³/mol. The van der Waals surface area contributed by atoms with E-state index in [2.05, 4.69) is 10.6 Å². The van der Waals surface area contributed by atoms with Gasteiger partial charge in [-0.3, -0.25) is 4.79 Å². The molecule has 0 spiro atoms. The maximum absolute atomic E-state index is 13.0. The SMILES string of the molecule is O=C(NCc1ccc(C(=O)O)cc1)NC1CCN(Cc2ccc(F)cc2)C1=O. The van der Waals surface area contributed by atoms with Crippen molar-refractivity contribution in [1.82, 2.24) is 15.5 Å². The Morgan fingerprint density at radius 2 is 1.71 bits per heavy atom. The van der Waals surface area contributed by atoms with Crippen molar-refractivity contribution in [2.45, 2.75) is 25.6 Å². The Labute approximate surface area is 161 Å². The number of nitrogens with one attached hydrogen (secondary N) is 2. The molecule has 0 aromatic heterocycles. The second-order valence-electron chi connectivity index (χ2n) is 6.56. The normalized spacial score (nSPS) is 16.1. The molecule has 1 heterocycles. The first-order valence-corrected chi connectivity index (χ1v) is 8.82. The molecule has 7 nitrogen and oxygen atoms in total. The average Bonchev–Trinajstić information content (AvgIpc) is 3.02. The second-order valence-corrected chi connectivity index (χ2v) is 6.56. The highest BCUT2D eigenvalue weighted by atomic mass is 19.1. The third kappa shape index (κ3) is 4.85. The number of benzene rings is 2. The Morgan fingerprint density at radius 3 is 2.36 bits per heavy atom. The van der Waals surface area contributed by atoms with Crippen LogP contribution in [0.5, 0.6) is 0 Å². The van der Waals surface area contributed by atoms with Gasteiger partial charge in [-0.2, -0.15) is 0 Å². The summed E-state index contributed by atoms with van der Waals surface area (Å²) >= 11 is 0. The summed E-state index contributed by atoms with van der Waals surface area (Å²) in [5, 5.41) is 14.2. The number of carbonyl (C=O) groups excluding carboxylic acids is 2. The van der Waals surface area contributed by atoms with E-state index < -0.39 is 18.0 Å². The lowest BCUT2D eigenvalue weighted by Gasteiger charge is -2.17. The number of amides is 3. The van der Waals surface area contributed by atoms with Crippen LogP contribution in [0.4, 0.5) is 9.18 Å². The first-order valence-electron chi connectivity index (χ1n) is 8.82. The fraction of sp³-hybridized carbons (Fsp3) is 0.250. The zero-order chi connectivity index (χ0) is 20.1. The zero-order valence-corrected chi connectivity index (χ0v) is 15.0. The quantitative estimate of drug-likeness (QED) is 0.709. The van der Waals surface area contributed by atoms with Crippen molar-refractivity contribution in [3.8, 4) is 0 Å². The molecule has 2 aromatic rings. The maximum Gasteiger partial charge on any atom is 0.335 e. The highest BCUT2D eigenvalue weighted by molar-refractivity contribution is 5.89. The Bertz CT molecular complexity index is 868. The number of rotatable bonds is 6. The molecule has 1 unspecified atom stereocenters. The molecule has 0 aliphatic carbocycles. The van der Waals surface area contributed by atoms with Crippen molar-refractivity contribution in [3.05, 3.63) is 71.0 Å².